The zero-order valence-electron chi connectivity index (χ0n) is 12.7. The molecule has 0 radical (unpaired) electrons. The standard InChI is InChI=1S/C19H18N2O/c1-15-6-3-4-8-19(15)22-18-11-9-16(10-12-18)20-14-17-7-5-13-21(17)2/h3-14H,1-2H3. The Morgan fingerprint density at radius 1 is 0.955 bits per heavy atom. The second-order valence-electron chi connectivity index (χ2n) is 5.16. The first-order valence-electron chi connectivity index (χ1n) is 7.21. The largest absolute Gasteiger partial charge is 0.457 e. The molecule has 0 amide bonds. The van der Waals surface area contributed by atoms with Gasteiger partial charge in [0.05, 0.1) is 17.6 Å². The number of hydrogen-bond donors (Lipinski definition) is 0. The molecule has 22 heavy (non-hydrogen) atoms. The van der Waals surface area contributed by atoms with Gasteiger partial charge in [-0.25, -0.2) is 0 Å². The number of aryl methyl sites for hydroxylation is 2. The lowest BCUT2D eigenvalue weighted by atomic mass is 10.2. The molecule has 0 aliphatic heterocycles. The molecule has 0 atom stereocenters. The van der Waals surface area contributed by atoms with E-state index in [4.69, 9.17) is 4.74 Å². The van der Waals surface area contributed by atoms with Gasteiger partial charge < -0.3 is 9.30 Å². The Balaban J connectivity index is 1.72. The number of benzene rings is 2. The van der Waals surface area contributed by atoms with Gasteiger partial charge in [0.1, 0.15) is 11.5 Å². The minimum atomic E-state index is 0.812. The fourth-order valence-corrected chi connectivity index (χ4v) is 2.15. The lowest BCUT2D eigenvalue weighted by molar-refractivity contribution is 0.479. The molecule has 0 N–H and O–H groups in total. The Labute approximate surface area is 130 Å². The van der Waals surface area contributed by atoms with Crippen LogP contribution in [0.4, 0.5) is 5.69 Å². The number of nitrogens with zero attached hydrogens (tertiary/aromatic N) is 2. The first kappa shape index (κ1) is 14.1. The monoisotopic (exact) mass is 290 g/mol. The van der Waals surface area contributed by atoms with E-state index in [1.165, 1.54) is 0 Å². The van der Waals surface area contributed by atoms with Crippen molar-refractivity contribution in [2.75, 3.05) is 0 Å². The normalized spacial score (nSPS) is 11.0. The predicted molar refractivity (Wildman–Crippen MR) is 90.4 cm³/mol. The SMILES string of the molecule is Cc1ccccc1Oc1ccc(N=Cc2cccn2C)cc1. The highest BCUT2D eigenvalue weighted by atomic mass is 16.5. The van der Waals surface area contributed by atoms with Gasteiger partial charge in [0.2, 0.25) is 0 Å². The van der Waals surface area contributed by atoms with Gasteiger partial charge in [-0.3, -0.25) is 4.99 Å². The number of rotatable bonds is 4. The molecule has 3 heteroatoms. The van der Waals surface area contributed by atoms with Crippen LogP contribution in [0.15, 0.2) is 71.9 Å². The summed E-state index contributed by atoms with van der Waals surface area (Å²) in [6.07, 6.45) is 3.86. The molecule has 0 aliphatic rings. The third-order valence-corrected chi connectivity index (χ3v) is 3.49. The summed E-state index contributed by atoms with van der Waals surface area (Å²) >= 11 is 0. The Morgan fingerprint density at radius 2 is 1.73 bits per heavy atom. The van der Waals surface area contributed by atoms with Crippen LogP contribution in [0.3, 0.4) is 0 Å². The van der Waals surface area contributed by atoms with Crippen LogP contribution >= 0.6 is 0 Å². The minimum absolute atomic E-state index is 0.812. The quantitative estimate of drug-likeness (QED) is 0.629. The number of para-hydroxylation sites is 1. The summed E-state index contributed by atoms with van der Waals surface area (Å²) in [4.78, 5) is 4.47. The van der Waals surface area contributed by atoms with Gasteiger partial charge >= 0.3 is 0 Å². The van der Waals surface area contributed by atoms with Crippen molar-refractivity contribution in [3.63, 3.8) is 0 Å². The maximum absolute atomic E-state index is 5.88. The van der Waals surface area contributed by atoms with E-state index in [1.807, 2.05) is 91.6 Å². The van der Waals surface area contributed by atoms with Crippen LogP contribution in [0.5, 0.6) is 11.5 Å². The van der Waals surface area contributed by atoms with Gasteiger partial charge in [-0.05, 0) is 55.0 Å². The molecule has 0 fully saturated rings. The van der Waals surface area contributed by atoms with Crippen molar-refractivity contribution in [3.8, 4) is 11.5 Å². The highest BCUT2D eigenvalue weighted by Crippen LogP contribution is 2.26. The molecule has 0 saturated heterocycles. The first-order chi connectivity index (χ1) is 10.7. The molecular formula is C19H18N2O. The molecule has 0 unspecified atom stereocenters. The first-order valence-corrected chi connectivity index (χ1v) is 7.21. The fourth-order valence-electron chi connectivity index (χ4n) is 2.15. The Hall–Kier alpha value is -2.81. The zero-order chi connectivity index (χ0) is 15.4. The van der Waals surface area contributed by atoms with Crippen molar-refractivity contribution in [1.82, 2.24) is 4.57 Å². The van der Waals surface area contributed by atoms with Gasteiger partial charge in [-0.1, -0.05) is 18.2 Å². The van der Waals surface area contributed by atoms with E-state index in [0.29, 0.717) is 0 Å². The molecule has 3 nitrogen and oxygen atoms in total. The second-order valence-corrected chi connectivity index (χ2v) is 5.16. The van der Waals surface area contributed by atoms with E-state index < -0.39 is 0 Å². The van der Waals surface area contributed by atoms with E-state index in [2.05, 4.69) is 4.99 Å². The number of aliphatic imine (C=N–C) groups is 1. The summed E-state index contributed by atoms with van der Waals surface area (Å²) in [7, 11) is 2.00. The highest BCUT2D eigenvalue weighted by molar-refractivity contribution is 5.80. The molecule has 0 bridgehead atoms. The summed E-state index contributed by atoms with van der Waals surface area (Å²) in [5, 5.41) is 0. The lowest BCUT2D eigenvalue weighted by Gasteiger charge is -2.08. The van der Waals surface area contributed by atoms with Crippen molar-refractivity contribution in [2.45, 2.75) is 6.92 Å². The highest BCUT2D eigenvalue weighted by Gasteiger charge is 2.00. The van der Waals surface area contributed by atoms with Crippen molar-refractivity contribution in [2.24, 2.45) is 12.0 Å². The molecule has 0 saturated carbocycles. The van der Waals surface area contributed by atoms with Gasteiger partial charge in [-0.2, -0.15) is 0 Å². The molecular weight excluding hydrogens is 272 g/mol. The smallest absolute Gasteiger partial charge is 0.130 e. The van der Waals surface area contributed by atoms with Gasteiger partial charge in [-0.15, -0.1) is 0 Å². The van der Waals surface area contributed by atoms with Crippen molar-refractivity contribution in [3.05, 3.63) is 78.1 Å². The zero-order valence-corrected chi connectivity index (χ0v) is 12.7. The average molecular weight is 290 g/mol. The average Bonchev–Trinajstić information content (AvgIpc) is 2.94. The van der Waals surface area contributed by atoms with Crippen LogP contribution < -0.4 is 4.74 Å². The summed E-state index contributed by atoms with van der Waals surface area (Å²) < 4.78 is 7.90. The molecule has 0 spiro atoms. The maximum atomic E-state index is 5.88. The van der Waals surface area contributed by atoms with E-state index in [-0.39, 0.29) is 0 Å². The molecule has 2 aromatic carbocycles. The predicted octanol–water partition coefficient (Wildman–Crippen LogP) is 4.88. The van der Waals surface area contributed by atoms with Crippen LogP contribution in [0.1, 0.15) is 11.3 Å². The summed E-state index contributed by atoms with van der Waals surface area (Å²) in [5.41, 5.74) is 3.09. The van der Waals surface area contributed by atoms with Gasteiger partial charge in [0, 0.05) is 13.2 Å². The van der Waals surface area contributed by atoms with Gasteiger partial charge in [0.25, 0.3) is 0 Å². The van der Waals surface area contributed by atoms with E-state index in [0.717, 1.165) is 28.4 Å². The molecule has 1 heterocycles. The Kier molecular flexibility index (Phi) is 4.05. The molecule has 0 aliphatic carbocycles. The van der Waals surface area contributed by atoms with Crippen molar-refractivity contribution in [1.29, 1.82) is 0 Å². The minimum Gasteiger partial charge on any atom is -0.457 e. The molecule has 3 aromatic rings. The maximum Gasteiger partial charge on any atom is 0.130 e. The molecule has 1 aromatic heterocycles. The number of aromatic nitrogens is 1. The third kappa shape index (κ3) is 3.26. The third-order valence-electron chi connectivity index (χ3n) is 3.49. The summed E-state index contributed by atoms with van der Waals surface area (Å²) in [6.45, 7) is 2.04. The second kappa shape index (κ2) is 6.31. The van der Waals surface area contributed by atoms with Crippen molar-refractivity contribution < 1.29 is 4.74 Å². The summed E-state index contributed by atoms with van der Waals surface area (Å²) in [6, 6.07) is 19.8. The lowest BCUT2D eigenvalue weighted by Crippen LogP contribution is -1.91. The fraction of sp³-hybridized carbons (Fsp3) is 0.105. The number of ether oxygens (including phenoxy) is 1. The van der Waals surface area contributed by atoms with Crippen LogP contribution in [0, 0.1) is 6.92 Å². The van der Waals surface area contributed by atoms with E-state index >= 15 is 0 Å². The van der Waals surface area contributed by atoms with Crippen LogP contribution in [-0.2, 0) is 7.05 Å². The van der Waals surface area contributed by atoms with Crippen LogP contribution in [0.2, 0.25) is 0 Å². The molecule has 3 rings (SSSR count). The van der Waals surface area contributed by atoms with E-state index in [1.54, 1.807) is 0 Å². The van der Waals surface area contributed by atoms with Gasteiger partial charge in [0.15, 0.2) is 0 Å². The topological polar surface area (TPSA) is 26.5 Å². The van der Waals surface area contributed by atoms with Crippen molar-refractivity contribution >= 4 is 11.9 Å². The molecule has 110 valence electrons. The number of hydrogen-bond acceptors (Lipinski definition) is 2. The Morgan fingerprint density at radius 3 is 2.41 bits per heavy atom. The van der Waals surface area contributed by atoms with Crippen LogP contribution in [0.25, 0.3) is 0 Å². The van der Waals surface area contributed by atoms with Crippen LogP contribution in [-0.4, -0.2) is 10.8 Å². The Bertz CT molecular complexity index is 785. The van der Waals surface area contributed by atoms with E-state index in [9.17, 15) is 0 Å². The summed E-state index contributed by atoms with van der Waals surface area (Å²) in [5.74, 6) is 1.69.